The van der Waals surface area contributed by atoms with Gasteiger partial charge < -0.3 is 26.6 Å². The molecule has 8 heavy (non-hydrogen) atoms. The van der Waals surface area contributed by atoms with Crippen molar-refractivity contribution in [3.63, 3.8) is 0 Å². The number of hydrogen-bond donors (Lipinski definition) is 2. The van der Waals surface area contributed by atoms with Crippen LogP contribution < -0.4 is 0 Å². The summed E-state index contributed by atoms with van der Waals surface area (Å²) < 4.78 is 0. The Morgan fingerprint density at radius 3 is 0.875 bits per heavy atom. The second kappa shape index (κ2) is 43.6. The Hall–Kier alpha value is 0.995. The van der Waals surface area contributed by atoms with Gasteiger partial charge in [-0.05, 0) is 0 Å². The third-order valence-corrected chi connectivity index (χ3v) is 0.1000. The molecular formula is C2H9LaO5. The van der Waals surface area contributed by atoms with Crippen LogP contribution in [0.2, 0.25) is 0 Å². The van der Waals surface area contributed by atoms with Crippen molar-refractivity contribution in [2.75, 3.05) is 13.2 Å². The Morgan fingerprint density at radius 1 is 0.750 bits per heavy atom. The standard InChI is InChI=1S/C2H6O2.La.3H2O/c3-1-2-4;;;;/h3-4H,1-2H2;;3*1H2/q;+3;;;/p-3. The molecule has 0 heterocycles. The Balaban J connectivity index is -0.00000000750. The molecule has 0 aromatic heterocycles. The average molecular weight is 252 g/mol. The van der Waals surface area contributed by atoms with Crippen molar-refractivity contribution in [2.45, 2.75) is 0 Å². The molecule has 0 radical (unpaired) electrons. The fourth-order valence-electron chi connectivity index (χ4n) is 0. The van der Waals surface area contributed by atoms with Crippen molar-refractivity contribution < 1.29 is 62.2 Å². The predicted octanol–water partition coefficient (Wildman–Crippen LogP) is -1.56. The van der Waals surface area contributed by atoms with Crippen LogP contribution in [-0.2, 0) is 0 Å². The fourth-order valence-corrected chi connectivity index (χ4v) is 0. The minimum atomic E-state index is -0.125. The van der Waals surface area contributed by atoms with E-state index in [2.05, 4.69) is 0 Å². The van der Waals surface area contributed by atoms with Gasteiger partial charge in [0.2, 0.25) is 0 Å². The second-order valence-electron chi connectivity index (χ2n) is 0.447. The average Bonchev–Trinajstić information content (AvgIpc) is 1.37. The monoisotopic (exact) mass is 252 g/mol. The maximum Gasteiger partial charge on any atom is 3.00 e. The van der Waals surface area contributed by atoms with E-state index >= 15 is 0 Å². The number of hydrogen-bond acceptors (Lipinski definition) is 5. The quantitative estimate of drug-likeness (QED) is 0.582. The smallest absolute Gasteiger partial charge is 0.870 e. The van der Waals surface area contributed by atoms with Crippen LogP contribution in [0.15, 0.2) is 0 Å². The van der Waals surface area contributed by atoms with Gasteiger partial charge in [0.25, 0.3) is 0 Å². The molecule has 50 valence electrons. The van der Waals surface area contributed by atoms with Gasteiger partial charge in [0.1, 0.15) is 0 Å². The Labute approximate surface area is 75.2 Å². The van der Waals surface area contributed by atoms with Gasteiger partial charge >= 0.3 is 35.6 Å². The van der Waals surface area contributed by atoms with Gasteiger partial charge in [-0.3, -0.25) is 0 Å². The zero-order valence-electron chi connectivity index (χ0n) is 4.23. The summed E-state index contributed by atoms with van der Waals surface area (Å²) in [5, 5.41) is 15.2. The van der Waals surface area contributed by atoms with Gasteiger partial charge in [0.05, 0.1) is 13.2 Å². The molecule has 0 aromatic carbocycles. The van der Waals surface area contributed by atoms with Crippen molar-refractivity contribution in [1.82, 2.24) is 0 Å². The van der Waals surface area contributed by atoms with Crippen molar-refractivity contribution in [3.05, 3.63) is 0 Å². The fraction of sp³-hybridized carbons (Fsp3) is 1.00. The van der Waals surface area contributed by atoms with Crippen LogP contribution in [0.3, 0.4) is 0 Å². The first-order chi connectivity index (χ1) is 1.91. The first-order valence-corrected chi connectivity index (χ1v) is 1.13. The maximum atomic E-state index is 7.62. The first kappa shape index (κ1) is 36.0. The summed E-state index contributed by atoms with van der Waals surface area (Å²) in [5.41, 5.74) is 0. The SMILES string of the molecule is OCCO.[La+3].[OH-].[OH-].[OH-]. The van der Waals surface area contributed by atoms with E-state index < -0.39 is 0 Å². The zero-order chi connectivity index (χ0) is 3.41. The number of aliphatic hydroxyl groups is 2. The van der Waals surface area contributed by atoms with Gasteiger partial charge in [-0.25, -0.2) is 0 Å². The minimum absolute atomic E-state index is 0. The number of aliphatic hydroxyl groups excluding tert-OH is 2. The van der Waals surface area contributed by atoms with Crippen molar-refractivity contribution >= 4 is 0 Å². The van der Waals surface area contributed by atoms with Crippen LogP contribution in [0.4, 0.5) is 0 Å². The van der Waals surface area contributed by atoms with E-state index in [1.165, 1.54) is 0 Å². The predicted molar refractivity (Wildman–Crippen MR) is 20.0 cm³/mol. The van der Waals surface area contributed by atoms with Crippen LogP contribution in [0.5, 0.6) is 0 Å². The molecule has 0 fully saturated rings. The summed E-state index contributed by atoms with van der Waals surface area (Å²) in [6.07, 6.45) is 0. The van der Waals surface area contributed by atoms with Crippen molar-refractivity contribution in [1.29, 1.82) is 0 Å². The zero-order valence-corrected chi connectivity index (χ0v) is 7.85. The molecule has 0 unspecified atom stereocenters. The molecule has 0 saturated heterocycles. The minimum Gasteiger partial charge on any atom is -0.870 e. The molecule has 0 spiro atoms. The summed E-state index contributed by atoms with van der Waals surface area (Å²) in [4.78, 5) is 0. The van der Waals surface area contributed by atoms with Crippen LogP contribution >= 0.6 is 0 Å². The van der Waals surface area contributed by atoms with Crippen LogP contribution in [0, 0.1) is 35.6 Å². The summed E-state index contributed by atoms with van der Waals surface area (Å²) in [6, 6.07) is 0. The Bertz CT molecular complexity index is 12.4. The van der Waals surface area contributed by atoms with Crippen LogP contribution in [-0.4, -0.2) is 39.9 Å². The van der Waals surface area contributed by atoms with Crippen molar-refractivity contribution in [2.24, 2.45) is 0 Å². The second-order valence-corrected chi connectivity index (χ2v) is 0.447. The van der Waals surface area contributed by atoms with E-state index in [-0.39, 0.29) is 65.2 Å². The topological polar surface area (TPSA) is 130 Å². The molecule has 0 amide bonds. The molecule has 0 aliphatic heterocycles. The molecule has 0 saturated carbocycles. The molecule has 6 heteroatoms. The van der Waals surface area contributed by atoms with Crippen molar-refractivity contribution in [3.8, 4) is 0 Å². The summed E-state index contributed by atoms with van der Waals surface area (Å²) >= 11 is 0. The first-order valence-electron chi connectivity index (χ1n) is 1.13. The van der Waals surface area contributed by atoms with E-state index in [0.717, 1.165) is 0 Å². The van der Waals surface area contributed by atoms with Gasteiger partial charge in [0.15, 0.2) is 0 Å². The molecule has 0 atom stereocenters. The molecular weight excluding hydrogens is 243 g/mol. The number of rotatable bonds is 1. The molecule has 0 aliphatic rings. The molecule has 5 nitrogen and oxygen atoms in total. The Kier molecular flexibility index (Phi) is 196. The molecule has 0 aliphatic carbocycles. The summed E-state index contributed by atoms with van der Waals surface area (Å²) in [7, 11) is 0. The third kappa shape index (κ3) is 63.2. The van der Waals surface area contributed by atoms with E-state index in [9.17, 15) is 0 Å². The van der Waals surface area contributed by atoms with Gasteiger partial charge in [-0.15, -0.1) is 0 Å². The van der Waals surface area contributed by atoms with E-state index in [1.54, 1.807) is 0 Å². The van der Waals surface area contributed by atoms with Gasteiger partial charge in [-0.1, -0.05) is 0 Å². The van der Waals surface area contributed by atoms with E-state index in [4.69, 9.17) is 10.2 Å². The maximum absolute atomic E-state index is 7.62. The summed E-state index contributed by atoms with van der Waals surface area (Å²) in [5.74, 6) is 0. The van der Waals surface area contributed by atoms with Crippen LogP contribution in [0.1, 0.15) is 0 Å². The van der Waals surface area contributed by atoms with E-state index in [0.29, 0.717) is 0 Å². The molecule has 0 bridgehead atoms. The van der Waals surface area contributed by atoms with Crippen LogP contribution in [0.25, 0.3) is 0 Å². The summed E-state index contributed by atoms with van der Waals surface area (Å²) in [6.45, 7) is -0.250. The van der Waals surface area contributed by atoms with E-state index in [1.807, 2.05) is 0 Å². The third-order valence-electron chi connectivity index (χ3n) is 0.1000. The largest absolute Gasteiger partial charge is 3.00 e. The Morgan fingerprint density at radius 2 is 0.875 bits per heavy atom. The molecule has 0 rings (SSSR count). The molecule has 0 aromatic rings. The van der Waals surface area contributed by atoms with Gasteiger partial charge in [0, 0.05) is 0 Å². The molecule has 5 N–H and O–H groups in total. The van der Waals surface area contributed by atoms with Gasteiger partial charge in [-0.2, -0.15) is 0 Å². The normalized spacial score (nSPS) is 3.75.